The molecule has 1 unspecified atom stereocenters. The largest absolute Gasteiger partial charge is 0.382 e. The summed E-state index contributed by atoms with van der Waals surface area (Å²) >= 11 is 6.32. The van der Waals surface area contributed by atoms with Gasteiger partial charge in [-0.15, -0.1) is 0 Å². The van der Waals surface area contributed by atoms with Crippen molar-refractivity contribution in [2.45, 2.75) is 19.4 Å². The van der Waals surface area contributed by atoms with Crippen molar-refractivity contribution in [3.63, 3.8) is 0 Å². The SMILES string of the molecule is Cc1c(Cl)c(CC(N)c2ncc(-c3ccc4c(N)n[nH]c4c3)[nH]2)nn1C. The molecular weight excluding hydrogens is 352 g/mol. The molecule has 0 spiro atoms. The number of aromatic amines is 2. The Balaban J connectivity index is 1.59. The zero-order valence-electron chi connectivity index (χ0n) is 14.4. The van der Waals surface area contributed by atoms with Crippen molar-refractivity contribution < 1.29 is 0 Å². The van der Waals surface area contributed by atoms with Crippen LogP contribution in [0.1, 0.15) is 23.3 Å². The topological polar surface area (TPSA) is 127 Å². The molecule has 3 aromatic heterocycles. The highest BCUT2D eigenvalue weighted by Gasteiger charge is 2.18. The van der Waals surface area contributed by atoms with Crippen LogP contribution in [0.2, 0.25) is 5.02 Å². The summed E-state index contributed by atoms with van der Waals surface area (Å²) in [6, 6.07) is 5.54. The molecule has 0 saturated heterocycles. The minimum Gasteiger partial charge on any atom is -0.382 e. The van der Waals surface area contributed by atoms with Gasteiger partial charge in [-0.25, -0.2) is 4.98 Å². The number of nitrogen functional groups attached to an aromatic ring is 1. The fraction of sp³-hybridized carbons (Fsp3) is 0.235. The van der Waals surface area contributed by atoms with E-state index in [0.717, 1.165) is 33.5 Å². The number of halogens is 1. The first-order valence-corrected chi connectivity index (χ1v) is 8.54. The van der Waals surface area contributed by atoms with Crippen molar-refractivity contribution in [2.24, 2.45) is 12.8 Å². The Morgan fingerprint density at radius 1 is 1.35 bits per heavy atom. The lowest BCUT2D eigenvalue weighted by Crippen LogP contribution is -2.15. The van der Waals surface area contributed by atoms with Gasteiger partial charge in [-0.2, -0.15) is 10.2 Å². The summed E-state index contributed by atoms with van der Waals surface area (Å²) in [5.74, 6) is 1.17. The van der Waals surface area contributed by atoms with Gasteiger partial charge in [-0.05, 0) is 19.1 Å². The molecule has 0 aliphatic heterocycles. The molecule has 4 aromatic rings. The standard InChI is InChI=1S/C17H19ClN8/c1-8-15(18)13(25-26(8)2)6-11(19)17-21-7-14(22-17)9-3-4-10-12(5-9)23-24-16(10)20/h3-5,7,11H,6,19H2,1-2H3,(H,21,22)(H3,20,23,24). The van der Waals surface area contributed by atoms with Crippen molar-refractivity contribution in [3.8, 4) is 11.3 Å². The van der Waals surface area contributed by atoms with Gasteiger partial charge < -0.3 is 16.5 Å². The van der Waals surface area contributed by atoms with Gasteiger partial charge in [-0.1, -0.05) is 17.7 Å². The maximum Gasteiger partial charge on any atom is 0.153 e. The Bertz CT molecular complexity index is 1090. The minimum absolute atomic E-state index is 0.331. The van der Waals surface area contributed by atoms with Gasteiger partial charge in [0.2, 0.25) is 0 Å². The van der Waals surface area contributed by atoms with Gasteiger partial charge >= 0.3 is 0 Å². The number of fused-ring (bicyclic) bond motifs is 1. The van der Waals surface area contributed by atoms with E-state index in [9.17, 15) is 0 Å². The first-order valence-electron chi connectivity index (χ1n) is 8.16. The molecule has 4 rings (SSSR count). The lowest BCUT2D eigenvalue weighted by Gasteiger charge is -2.07. The Labute approximate surface area is 154 Å². The fourth-order valence-electron chi connectivity index (χ4n) is 2.97. The fourth-order valence-corrected chi connectivity index (χ4v) is 3.20. The molecule has 0 aliphatic carbocycles. The number of hydrogen-bond acceptors (Lipinski definition) is 5. The second-order valence-electron chi connectivity index (χ2n) is 6.33. The zero-order chi connectivity index (χ0) is 18.4. The van der Waals surface area contributed by atoms with E-state index in [4.69, 9.17) is 23.1 Å². The van der Waals surface area contributed by atoms with Crippen LogP contribution >= 0.6 is 11.6 Å². The van der Waals surface area contributed by atoms with Gasteiger partial charge in [0.1, 0.15) is 5.82 Å². The summed E-state index contributed by atoms with van der Waals surface area (Å²) < 4.78 is 1.75. The smallest absolute Gasteiger partial charge is 0.153 e. The molecule has 26 heavy (non-hydrogen) atoms. The van der Waals surface area contributed by atoms with E-state index in [-0.39, 0.29) is 6.04 Å². The third-order valence-electron chi connectivity index (χ3n) is 4.59. The number of benzene rings is 1. The molecule has 3 heterocycles. The molecule has 8 nitrogen and oxygen atoms in total. The first-order chi connectivity index (χ1) is 12.4. The number of hydrogen-bond donors (Lipinski definition) is 4. The number of aromatic nitrogens is 6. The van der Waals surface area contributed by atoms with Gasteiger partial charge in [0, 0.05) is 24.4 Å². The summed E-state index contributed by atoms with van der Waals surface area (Å²) in [7, 11) is 1.86. The quantitative estimate of drug-likeness (QED) is 0.438. The molecule has 134 valence electrons. The lowest BCUT2D eigenvalue weighted by molar-refractivity contribution is 0.645. The molecule has 0 saturated carbocycles. The van der Waals surface area contributed by atoms with Crippen molar-refractivity contribution >= 4 is 28.3 Å². The van der Waals surface area contributed by atoms with Crippen LogP contribution in [0.25, 0.3) is 22.2 Å². The number of anilines is 1. The van der Waals surface area contributed by atoms with Crippen LogP contribution in [0.3, 0.4) is 0 Å². The molecule has 0 aliphatic rings. The number of rotatable bonds is 4. The summed E-state index contributed by atoms with van der Waals surface area (Å²) in [6.07, 6.45) is 2.27. The second-order valence-corrected chi connectivity index (χ2v) is 6.71. The highest BCUT2D eigenvalue weighted by atomic mass is 35.5. The van der Waals surface area contributed by atoms with E-state index in [1.807, 2.05) is 32.2 Å². The zero-order valence-corrected chi connectivity index (χ0v) is 15.2. The third kappa shape index (κ3) is 2.73. The Morgan fingerprint density at radius 3 is 2.88 bits per heavy atom. The third-order valence-corrected chi connectivity index (χ3v) is 5.08. The molecule has 0 fully saturated rings. The van der Waals surface area contributed by atoms with E-state index in [1.54, 1.807) is 10.9 Å². The number of aryl methyl sites for hydroxylation is 1. The predicted molar refractivity (Wildman–Crippen MR) is 102 cm³/mol. The average Bonchev–Trinajstić information content (AvgIpc) is 3.31. The summed E-state index contributed by atoms with van der Waals surface area (Å²) in [5.41, 5.74) is 16.5. The molecule has 0 bridgehead atoms. The number of nitrogens with zero attached hydrogens (tertiary/aromatic N) is 4. The van der Waals surface area contributed by atoms with Crippen LogP contribution in [0.5, 0.6) is 0 Å². The Hall–Kier alpha value is -2.84. The molecule has 0 radical (unpaired) electrons. The van der Waals surface area contributed by atoms with Crippen LogP contribution in [0, 0.1) is 6.92 Å². The molecule has 6 N–H and O–H groups in total. The second kappa shape index (κ2) is 6.15. The van der Waals surface area contributed by atoms with Gasteiger partial charge in [0.15, 0.2) is 5.82 Å². The van der Waals surface area contributed by atoms with E-state index in [2.05, 4.69) is 25.3 Å². The number of nitrogens with two attached hydrogens (primary N) is 2. The van der Waals surface area contributed by atoms with Crippen molar-refractivity contribution in [2.75, 3.05) is 5.73 Å². The van der Waals surface area contributed by atoms with Gasteiger partial charge in [0.25, 0.3) is 0 Å². The Morgan fingerprint density at radius 2 is 2.15 bits per heavy atom. The predicted octanol–water partition coefficient (Wildman–Crippen LogP) is 2.47. The van der Waals surface area contributed by atoms with Crippen molar-refractivity contribution in [3.05, 3.63) is 46.6 Å². The van der Waals surface area contributed by atoms with Gasteiger partial charge in [-0.3, -0.25) is 9.78 Å². The monoisotopic (exact) mass is 370 g/mol. The highest BCUT2D eigenvalue weighted by Crippen LogP contribution is 2.27. The molecule has 9 heteroatoms. The van der Waals surface area contributed by atoms with E-state index in [1.165, 1.54) is 0 Å². The van der Waals surface area contributed by atoms with E-state index >= 15 is 0 Å². The van der Waals surface area contributed by atoms with Crippen LogP contribution in [-0.2, 0) is 13.5 Å². The maximum atomic E-state index is 6.32. The molecule has 0 amide bonds. The van der Waals surface area contributed by atoms with Crippen LogP contribution in [0.4, 0.5) is 5.82 Å². The normalized spacial score (nSPS) is 12.8. The number of nitrogens with one attached hydrogen (secondary N) is 2. The average molecular weight is 371 g/mol. The van der Waals surface area contributed by atoms with E-state index in [0.29, 0.717) is 23.1 Å². The van der Waals surface area contributed by atoms with Crippen LogP contribution in [0.15, 0.2) is 24.4 Å². The van der Waals surface area contributed by atoms with Gasteiger partial charge in [0.05, 0.1) is 39.9 Å². The highest BCUT2D eigenvalue weighted by molar-refractivity contribution is 6.31. The summed E-state index contributed by atoms with van der Waals surface area (Å²) in [6.45, 7) is 1.92. The van der Waals surface area contributed by atoms with Crippen molar-refractivity contribution in [1.82, 2.24) is 29.9 Å². The molecular formula is C17H19ClN8. The lowest BCUT2D eigenvalue weighted by atomic mass is 10.1. The first kappa shape index (κ1) is 16.6. The van der Waals surface area contributed by atoms with Crippen LogP contribution < -0.4 is 11.5 Å². The Kier molecular flexibility index (Phi) is 3.93. The maximum absolute atomic E-state index is 6.32. The minimum atomic E-state index is -0.331. The van der Waals surface area contributed by atoms with E-state index < -0.39 is 0 Å². The summed E-state index contributed by atoms with van der Waals surface area (Å²) in [4.78, 5) is 7.71. The molecule has 1 atom stereocenters. The van der Waals surface area contributed by atoms with Crippen LogP contribution in [-0.4, -0.2) is 29.9 Å². The number of H-pyrrole nitrogens is 2. The molecule has 1 aromatic carbocycles. The summed E-state index contributed by atoms with van der Waals surface area (Å²) in [5, 5.41) is 12.9. The van der Waals surface area contributed by atoms with Crippen molar-refractivity contribution in [1.29, 1.82) is 0 Å². The number of imidazole rings is 1.